The highest BCUT2D eigenvalue weighted by Gasteiger charge is 2.26. The first-order chi connectivity index (χ1) is 13.8. The molecule has 0 unspecified atom stereocenters. The summed E-state index contributed by atoms with van der Waals surface area (Å²) in [7, 11) is 0. The molecule has 2 aromatic rings. The van der Waals surface area contributed by atoms with Gasteiger partial charge >= 0.3 is 6.03 Å². The molecule has 1 aromatic heterocycles. The quantitative estimate of drug-likeness (QED) is 0.853. The van der Waals surface area contributed by atoms with Gasteiger partial charge in [-0.2, -0.15) is 5.10 Å². The van der Waals surface area contributed by atoms with Gasteiger partial charge in [0, 0.05) is 31.4 Å². The fourth-order valence-corrected chi connectivity index (χ4v) is 4.48. The molecule has 0 bridgehead atoms. The molecule has 6 heteroatoms. The zero-order valence-corrected chi connectivity index (χ0v) is 16.3. The Hall–Kier alpha value is -2.63. The molecule has 6 nitrogen and oxygen atoms in total. The van der Waals surface area contributed by atoms with E-state index >= 15 is 0 Å². The van der Waals surface area contributed by atoms with Gasteiger partial charge in [0.1, 0.15) is 0 Å². The van der Waals surface area contributed by atoms with E-state index in [0.29, 0.717) is 5.92 Å². The van der Waals surface area contributed by atoms with E-state index in [1.54, 1.807) is 6.20 Å². The number of amides is 2. The van der Waals surface area contributed by atoms with Crippen molar-refractivity contribution in [3.63, 3.8) is 0 Å². The highest BCUT2D eigenvalue weighted by atomic mass is 16.2. The van der Waals surface area contributed by atoms with Gasteiger partial charge in [-0.15, -0.1) is 5.10 Å². The molecule has 2 heterocycles. The molecule has 4 rings (SSSR count). The van der Waals surface area contributed by atoms with Crippen LogP contribution in [0.5, 0.6) is 0 Å². The summed E-state index contributed by atoms with van der Waals surface area (Å²) in [5, 5.41) is 14.5. The Bertz CT molecular complexity index is 746. The topological polar surface area (TPSA) is 70.2 Å². The molecule has 1 aliphatic carbocycles. The predicted molar refractivity (Wildman–Crippen MR) is 110 cm³/mol. The minimum atomic E-state index is -0.0170. The molecule has 28 heavy (non-hydrogen) atoms. The smallest absolute Gasteiger partial charge is 0.315 e. The number of hydrogen-bond acceptors (Lipinski definition) is 4. The van der Waals surface area contributed by atoms with Crippen LogP contribution in [-0.4, -0.2) is 41.4 Å². The molecule has 0 spiro atoms. The number of piperidine rings is 1. The molecule has 2 fully saturated rings. The van der Waals surface area contributed by atoms with Crippen molar-refractivity contribution in [2.45, 2.75) is 56.5 Å². The lowest BCUT2D eigenvalue weighted by molar-refractivity contribution is 0.224. The monoisotopic (exact) mass is 379 g/mol. The summed E-state index contributed by atoms with van der Waals surface area (Å²) >= 11 is 0. The van der Waals surface area contributed by atoms with E-state index in [2.05, 4.69) is 56.1 Å². The molecule has 2 amide bonds. The van der Waals surface area contributed by atoms with E-state index in [-0.39, 0.29) is 18.1 Å². The van der Waals surface area contributed by atoms with Crippen molar-refractivity contribution in [1.29, 1.82) is 0 Å². The van der Waals surface area contributed by atoms with E-state index in [1.165, 1.54) is 18.4 Å². The van der Waals surface area contributed by atoms with Crippen molar-refractivity contribution >= 4 is 11.8 Å². The Balaban J connectivity index is 1.22. The fraction of sp³-hybridized carbons (Fsp3) is 0.500. The number of nitrogens with one attached hydrogen (secondary N) is 2. The highest BCUT2D eigenvalue weighted by molar-refractivity contribution is 5.74. The van der Waals surface area contributed by atoms with Crippen molar-refractivity contribution in [2.75, 3.05) is 18.0 Å². The molecule has 1 saturated carbocycles. The number of anilines is 1. The standard InChI is InChI=1S/C22H29N5O/c28-22(24-19-11-14-27(15-12-19)21-10-5-13-23-26-21)25-20-9-4-8-18(16-20)17-6-2-1-3-7-17/h1-3,5-7,10,13,18-20H,4,8-9,11-12,14-16H2,(H2,24,25,28)/t18-,20-/m0/s1. The van der Waals surface area contributed by atoms with Gasteiger partial charge in [-0.1, -0.05) is 36.8 Å². The molecule has 148 valence electrons. The van der Waals surface area contributed by atoms with Crippen LogP contribution < -0.4 is 15.5 Å². The maximum absolute atomic E-state index is 12.5. The summed E-state index contributed by atoms with van der Waals surface area (Å²) in [6.07, 6.45) is 8.04. The van der Waals surface area contributed by atoms with E-state index in [0.717, 1.165) is 44.6 Å². The number of urea groups is 1. The predicted octanol–water partition coefficient (Wildman–Crippen LogP) is 3.47. The van der Waals surface area contributed by atoms with Crippen molar-refractivity contribution in [3.8, 4) is 0 Å². The first-order valence-corrected chi connectivity index (χ1v) is 10.4. The van der Waals surface area contributed by atoms with E-state index in [4.69, 9.17) is 0 Å². The summed E-state index contributed by atoms with van der Waals surface area (Å²) in [6.45, 7) is 1.78. The number of nitrogens with zero attached hydrogens (tertiary/aromatic N) is 3. The molecular formula is C22H29N5O. The van der Waals surface area contributed by atoms with Crippen LogP contribution in [0.4, 0.5) is 10.6 Å². The maximum atomic E-state index is 12.5. The normalized spacial score (nSPS) is 23.2. The third-order valence-electron chi connectivity index (χ3n) is 5.99. The van der Waals surface area contributed by atoms with Crippen LogP contribution in [0.3, 0.4) is 0 Å². The van der Waals surface area contributed by atoms with E-state index < -0.39 is 0 Å². The lowest BCUT2D eigenvalue weighted by Gasteiger charge is -2.34. The minimum Gasteiger partial charge on any atom is -0.355 e. The molecule has 2 N–H and O–H groups in total. The van der Waals surface area contributed by atoms with Gasteiger partial charge in [-0.25, -0.2) is 4.79 Å². The van der Waals surface area contributed by atoms with Crippen LogP contribution >= 0.6 is 0 Å². The zero-order chi connectivity index (χ0) is 19.2. The molecule has 1 saturated heterocycles. The van der Waals surface area contributed by atoms with Gasteiger partial charge in [0.25, 0.3) is 0 Å². The largest absolute Gasteiger partial charge is 0.355 e. The summed E-state index contributed by atoms with van der Waals surface area (Å²) in [5.74, 6) is 1.47. The van der Waals surface area contributed by atoms with E-state index in [1.807, 2.05) is 12.1 Å². The van der Waals surface area contributed by atoms with Gasteiger partial charge in [-0.05, 0) is 55.7 Å². The number of carbonyl (C=O) groups excluding carboxylic acids is 1. The number of aromatic nitrogens is 2. The second-order valence-corrected chi connectivity index (χ2v) is 7.93. The van der Waals surface area contributed by atoms with E-state index in [9.17, 15) is 4.79 Å². The summed E-state index contributed by atoms with van der Waals surface area (Å²) in [4.78, 5) is 14.7. The third kappa shape index (κ3) is 4.80. The average Bonchev–Trinajstić information content (AvgIpc) is 2.76. The van der Waals surface area contributed by atoms with Gasteiger partial charge in [0.05, 0.1) is 0 Å². The number of benzene rings is 1. The number of hydrogen-bond donors (Lipinski definition) is 2. The van der Waals surface area contributed by atoms with Crippen LogP contribution in [0.25, 0.3) is 0 Å². The number of rotatable bonds is 4. The Morgan fingerprint density at radius 1 is 0.929 bits per heavy atom. The fourth-order valence-electron chi connectivity index (χ4n) is 4.48. The second kappa shape index (κ2) is 9.04. The first kappa shape index (κ1) is 18.7. The molecule has 2 atom stereocenters. The second-order valence-electron chi connectivity index (χ2n) is 7.93. The molecule has 1 aliphatic heterocycles. The molecule has 0 radical (unpaired) electrons. The molecule has 2 aliphatic rings. The summed E-state index contributed by atoms with van der Waals surface area (Å²) in [6, 6.07) is 15.0. The third-order valence-corrected chi connectivity index (χ3v) is 5.99. The van der Waals surface area contributed by atoms with Gasteiger partial charge in [-0.3, -0.25) is 0 Å². The Kier molecular flexibility index (Phi) is 6.04. The Morgan fingerprint density at radius 2 is 1.71 bits per heavy atom. The summed E-state index contributed by atoms with van der Waals surface area (Å²) < 4.78 is 0. The van der Waals surface area contributed by atoms with Gasteiger partial charge < -0.3 is 15.5 Å². The van der Waals surface area contributed by atoms with Crippen LogP contribution in [-0.2, 0) is 0 Å². The van der Waals surface area contributed by atoms with Crippen LogP contribution in [0, 0.1) is 0 Å². The number of carbonyl (C=O) groups is 1. The minimum absolute atomic E-state index is 0.0170. The zero-order valence-electron chi connectivity index (χ0n) is 16.3. The van der Waals surface area contributed by atoms with Gasteiger partial charge in [0.2, 0.25) is 0 Å². The van der Waals surface area contributed by atoms with Crippen molar-refractivity contribution < 1.29 is 4.79 Å². The maximum Gasteiger partial charge on any atom is 0.315 e. The van der Waals surface area contributed by atoms with Crippen LogP contribution in [0.2, 0.25) is 0 Å². The average molecular weight is 380 g/mol. The van der Waals surface area contributed by atoms with Gasteiger partial charge in [0.15, 0.2) is 5.82 Å². The Morgan fingerprint density at radius 3 is 2.46 bits per heavy atom. The molecular weight excluding hydrogens is 350 g/mol. The Labute approximate surface area is 166 Å². The lowest BCUT2D eigenvalue weighted by atomic mass is 9.81. The lowest BCUT2D eigenvalue weighted by Crippen LogP contribution is -2.50. The highest BCUT2D eigenvalue weighted by Crippen LogP contribution is 2.32. The van der Waals surface area contributed by atoms with Crippen molar-refractivity contribution in [2.24, 2.45) is 0 Å². The first-order valence-electron chi connectivity index (χ1n) is 10.4. The van der Waals surface area contributed by atoms with Crippen molar-refractivity contribution in [3.05, 3.63) is 54.2 Å². The molecule has 1 aromatic carbocycles. The summed E-state index contributed by atoms with van der Waals surface area (Å²) in [5.41, 5.74) is 1.39. The van der Waals surface area contributed by atoms with Crippen LogP contribution in [0.15, 0.2) is 48.7 Å². The van der Waals surface area contributed by atoms with Crippen LogP contribution in [0.1, 0.15) is 50.0 Å². The SMILES string of the molecule is O=C(NC1CCN(c2cccnn2)CC1)N[C@H]1CCC[C@H](c2ccccc2)C1. The van der Waals surface area contributed by atoms with Crippen molar-refractivity contribution in [1.82, 2.24) is 20.8 Å².